The van der Waals surface area contributed by atoms with Crippen molar-refractivity contribution in [3.05, 3.63) is 80.6 Å². The van der Waals surface area contributed by atoms with E-state index >= 15 is 0 Å². The number of aliphatic hydroxyl groups excluding tert-OH is 2. The Morgan fingerprint density at radius 3 is 2.29 bits per heavy atom. The Morgan fingerprint density at radius 1 is 1.03 bits per heavy atom. The molecule has 4 atom stereocenters. The number of nitrogens with zero attached hydrogens (tertiary/aromatic N) is 2. The second-order valence-corrected chi connectivity index (χ2v) is 8.25. The smallest absolute Gasteiger partial charge is 0.330 e. The number of ether oxygens (including phenoxy) is 1. The maximum Gasteiger partial charge on any atom is 0.330 e. The number of imide groups is 1. The first kappa shape index (κ1) is 22.7. The van der Waals surface area contributed by atoms with Gasteiger partial charge in [-0.25, -0.2) is 4.79 Å². The molecule has 3 heterocycles. The molecule has 1 aromatic heterocycles. The molecule has 180 valence electrons. The Hall–Kier alpha value is -4.13. The van der Waals surface area contributed by atoms with Crippen molar-refractivity contribution in [3.63, 3.8) is 0 Å². The second-order valence-electron chi connectivity index (χ2n) is 8.25. The van der Waals surface area contributed by atoms with Crippen LogP contribution in [0, 0.1) is 0 Å². The summed E-state index contributed by atoms with van der Waals surface area (Å²) in [5.74, 6) is -2.08. The number of hydrogen-bond donors (Lipinski definition) is 4. The van der Waals surface area contributed by atoms with E-state index in [9.17, 15) is 34.2 Å². The van der Waals surface area contributed by atoms with Crippen LogP contribution in [-0.2, 0) is 9.53 Å². The molecule has 2 aromatic carbocycles. The van der Waals surface area contributed by atoms with Crippen molar-refractivity contribution in [1.29, 1.82) is 0 Å². The lowest BCUT2D eigenvalue weighted by molar-refractivity contribution is -0.123. The van der Waals surface area contributed by atoms with Crippen LogP contribution in [0.3, 0.4) is 0 Å². The Labute approximate surface area is 196 Å². The van der Waals surface area contributed by atoms with E-state index in [1.165, 1.54) is 0 Å². The molecule has 0 saturated carbocycles. The van der Waals surface area contributed by atoms with E-state index in [1.54, 1.807) is 36.4 Å². The third-order valence-corrected chi connectivity index (χ3v) is 6.16. The molecule has 3 amide bonds. The van der Waals surface area contributed by atoms with Gasteiger partial charge in [0.25, 0.3) is 17.4 Å². The van der Waals surface area contributed by atoms with Gasteiger partial charge >= 0.3 is 5.69 Å². The summed E-state index contributed by atoms with van der Waals surface area (Å²) in [5, 5.41) is 23.8. The fourth-order valence-corrected chi connectivity index (χ4v) is 4.52. The largest absolute Gasteiger partial charge is 0.394 e. The van der Waals surface area contributed by atoms with Gasteiger partial charge in [-0.05, 0) is 17.5 Å². The molecule has 0 spiro atoms. The highest BCUT2D eigenvalue weighted by Crippen LogP contribution is 2.31. The molecule has 0 aliphatic carbocycles. The van der Waals surface area contributed by atoms with Gasteiger partial charge < -0.3 is 20.3 Å². The minimum Gasteiger partial charge on any atom is -0.394 e. The number of carbonyl (C=O) groups is 3. The van der Waals surface area contributed by atoms with Crippen molar-refractivity contribution in [1.82, 2.24) is 19.8 Å². The molecule has 4 N–H and O–H groups in total. The number of H-pyrrole nitrogens is 1. The number of nitrogens with one attached hydrogen (secondary N) is 2. The number of aliphatic hydroxyl groups is 2. The van der Waals surface area contributed by atoms with Gasteiger partial charge in [-0.2, -0.15) is 0 Å². The van der Waals surface area contributed by atoms with E-state index in [4.69, 9.17) is 4.74 Å². The fourth-order valence-electron chi connectivity index (χ4n) is 4.52. The maximum absolute atomic E-state index is 13.1. The molecule has 12 heteroatoms. The van der Waals surface area contributed by atoms with Crippen LogP contribution in [0.5, 0.6) is 0 Å². The van der Waals surface area contributed by atoms with Gasteiger partial charge in [-0.3, -0.25) is 33.6 Å². The van der Waals surface area contributed by atoms with Gasteiger partial charge in [0.1, 0.15) is 24.8 Å². The number of amides is 3. The zero-order valence-electron chi connectivity index (χ0n) is 18.1. The summed E-state index contributed by atoms with van der Waals surface area (Å²) in [6.45, 7) is -1.26. The molecule has 0 radical (unpaired) electrons. The van der Waals surface area contributed by atoms with Crippen LogP contribution in [0.25, 0.3) is 10.8 Å². The Kier molecular flexibility index (Phi) is 5.55. The van der Waals surface area contributed by atoms with Crippen LogP contribution < -0.4 is 16.6 Å². The van der Waals surface area contributed by atoms with Crippen molar-refractivity contribution >= 4 is 28.5 Å². The maximum atomic E-state index is 13.1. The zero-order valence-corrected chi connectivity index (χ0v) is 18.1. The summed E-state index contributed by atoms with van der Waals surface area (Å²) in [6.07, 6.45) is -2.69. The molecule has 5 rings (SSSR count). The summed E-state index contributed by atoms with van der Waals surface area (Å²) < 4.78 is 6.50. The standard InChI is InChI=1S/C23H20N4O8/c28-10-14-19(31)18(22(35-14)26-8-7-15(29)25-23(26)34)24-16(30)9-27-20(32)12-5-1-3-11-4-2-6-13(17(11)12)21(27)33/h1-8,14,18-19,22,28,31H,9-10H2,(H,24,30)(H,25,29,34)/t14-,18-,19-,22-/m1/s1. The number of hydrogen-bond acceptors (Lipinski definition) is 8. The normalized spacial score (nSPS) is 23.7. The van der Waals surface area contributed by atoms with E-state index in [0.717, 1.165) is 27.1 Å². The Morgan fingerprint density at radius 2 is 1.69 bits per heavy atom. The van der Waals surface area contributed by atoms with Gasteiger partial charge in [0.2, 0.25) is 5.91 Å². The van der Waals surface area contributed by atoms with Gasteiger partial charge in [0, 0.05) is 28.8 Å². The van der Waals surface area contributed by atoms with Gasteiger partial charge in [-0.1, -0.05) is 24.3 Å². The summed E-state index contributed by atoms with van der Waals surface area (Å²) >= 11 is 0. The fraction of sp³-hybridized carbons (Fsp3) is 0.261. The summed E-state index contributed by atoms with van der Waals surface area (Å²) in [6, 6.07) is 9.91. The van der Waals surface area contributed by atoms with Crippen molar-refractivity contribution in [3.8, 4) is 0 Å². The van der Waals surface area contributed by atoms with Crippen LogP contribution in [-0.4, -0.2) is 73.8 Å². The topological polar surface area (TPSA) is 171 Å². The predicted molar refractivity (Wildman–Crippen MR) is 120 cm³/mol. The molecule has 1 fully saturated rings. The van der Waals surface area contributed by atoms with Gasteiger partial charge in [0.15, 0.2) is 6.23 Å². The SMILES string of the molecule is O=C(CN1C(=O)c2cccc3cccc(c23)C1=O)N[C@@H]1[C@H](O)[C@@H](CO)O[C@H]1n1ccc(=O)[nH]c1=O. The summed E-state index contributed by atoms with van der Waals surface area (Å²) in [5.41, 5.74) is -0.930. The highest BCUT2D eigenvalue weighted by atomic mass is 16.5. The average Bonchev–Trinajstić information content (AvgIpc) is 3.15. The van der Waals surface area contributed by atoms with Gasteiger partial charge in [0.05, 0.1) is 6.61 Å². The van der Waals surface area contributed by atoms with E-state index in [1.807, 2.05) is 0 Å². The Balaban J connectivity index is 1.41. The first-order valence-corrected chi connectivity index (χ1v) is 10.7. The van der Waals surface area contributed by atoms with E-state index in [-0.39, 0.29) is 11.1 Å². The second kappa shape index (κ2) is 8.58. The summed E-state index contributed by atoms with van der Waals surface area (Å²) in [4.78, 5) is 65.5. The molecule has 0 unspecified atom stereocenters. The molecule has 2 aliphatic rings. The lowest BCUT2D eigenvalue weighted by Gasteiger charge is -2.28. The minimum absolute atomic E-state index is 0.285. The molecular formula is C23H20N4O8. The highest BCUT2D eigenvalue weighted by molar-refractivity contribution is 6.26. The van der Waals surface area contributed by atoms with Gasteiger partial charge in [-0.15, -0.1) is 0 Å². The minimum atomic E-state index is -1.42. The lowest BCUT2D eigenvalue weighted by Crippen LogP contribution is -2.53. The zero-order chi connectivity index (χ0) is 24.9. The average molecular weight is 480 g/mol. The Bertz CT molecular complexity index is 1430. The van der Waals surface area contributed by atoms with Crippen molar-refractivity contribution in [2.24, 2.45) is 0 Å². The number of aromatic nitrogens is 2. The number of carbonyl (C=O) groups excluding carboxylic acids is 3. The van der Waals surface area contributed by atoms with Crippen LogP contribution in [0.1, 0.15) is 26.9 Å². The van der Waals surface area contributed by atoms with Crippen molar-refractivity contribution in [2.75, 3.05) is 13.2 Å². The monoisotopic (exact) mass is 480 g/mol. The molecule has 0 bridgehead atoms. The summed E-state index contributed by atoms with van der Waals surface area (Å²) in [7, 11) is 0. The first-order valence-electron chi connectivity index (χ1n) is 10.7. The number of aromatic amines is 1. The van der Waals surface area contributed by atoms with Crippen LogP contribution in [0.15, 0.2) is 58.3 Å². The third kappa shape index (κ3) is 3.73. The third-order valence-electron chi connectivity index (χ3n) is 6.16. The van der Waals surface area contributed by atoms with E-state index in [2.05, 4.69) is 10.3 Å². The van der Waals surface area contributed by atoms with Crippen LogP contribution in [0.4, 0.5) is 0 Å². The van der Waals surface area contributed by atoms with E-state index < -0.39 is 66.6 Å². The molecule has 3 aromatic rings. The number of benzene rings is 2. The molecule has 12 nitrogen and oxygen atoms in total. The van der Waals surface area contributed by atoms with Crippen LogP contribution >= 0.6 is 0 Å². The molecule has 35 heavy (non-hydrogen) atoms. The highest BCUT2D eigenvalue weighted by Gasteiger charge is 2.46. The quantitative estimate of drug-likeness (QED) is 0.327. The first-order chi connectivity index (χ1) is 16.8. The van der Waals surface area contributed by atoms with Crippen molar-refractivity contribution in [2.45, 2.75) is 24.5 Å². The number of rotatable bonds is 5. The molecule has 1 saturated heterocycles. The van der Waals surface area contributed by atoms with Crippen LogP contribution in [0.2, 0.25) is 0 Å². The van der Waals surface area contributed by atoms with Crippen molar-refractivity contribution < 1.29 is 29.3 Å². The van der Waals surface area contributed by atoms with E-state index in [0.29, 0.717) is 5.39 Å². The lowest BCUT2D eigenvalue weighted by atomic mass is 9.94. The molecule has 2 aliphatic heterocycles. The molecular weight excluding hydrogens is 460 g/mol. The predicted octanol–water partition coefficient (Wildman–Crippen LogP) is -1.28.